The number of ether oxygens (including phenoxy) is 1. The van der Waals surface area contributed by atoms with Crippen LogP contribution in [0.15, 0.2) is 16.7 Å². The molecule has 0 bridgehead atoms. The standard InChI is InChI=1S/C10H18BrN3O/c1-15-5-4-12-2-3-13-8-10-6-9(11)7-14-10/h6-7,12-14H,2-5,8H2,1H3. The molecule has 1 rings (SSSR count). The molecule has 1 aromatic rings. The molecule has 1 aromatic heterocycles. The highest BCUT2D eigenvalue weighted by Crippen LogP contribution is 2.09. The van der Waals surface area contributed by atoms with Crippen molar-refractivity contribution in [2.45, 2.75) is 6.54 Å². The minimum Gasteiger partial charge on any atom is -0.383 e. The van der Waals surface area contributed by atoms with Gasteiger partial charge in [-0.25, -0.2) is 0 Å². The summed E-state index contributed by atoms with van der Waals surface area (Å²) in [5.74, 6) is 0. The molecule has 0 aliphatic rings. The number of aromatic nitrogens is 1. The van der Waals surface area contributed by atoms with Crippen LogP contribution in [0.5, 0.6) is 0 Å². The topological polar surface area (TPSA) is 49.1 Å². The molecule has 86 valence electrons. The molecule has 0 atom stereocenters. The highest BCUT2D eigenvalue weighted by atomic mass is 79.9. The molecule has 15 heavy (non-hydrogen) atoms. The fraction of sp³-hybridized carbons (Fsp3) is 0.600. The number of hydrogen-bond acceptors (Lipinski definition) is 3. The molecule has 3 N–H and O–H groups in total. The van der Waals surface area contributed by atoms with E-state index in [1.54, 1.807) is 7.11 Å². The maximum Gasteiger partial charge on any atom is 0.0587 e. The van der Waals surface area contributed by atoms with Crippen LogP contribution in [0.2, 0.25) is 0 Å². The Morgan fingerprint density at radius 2 is 2.13 bits per heavy atom. The van der Waals surface area contributed by atoms with Crippen molar-refractivity contribution >= 4 is 15.9 Å². The molecule has 0 aromatic carbocycles. The molecule has 0 saturated heterocycles. The zero-order valence-corrected chi connectivity index (χ0v) is 10.6. The quantitative estimate of drug-likeness (QED) is 0.623. The first-order chi connectivity index (χ1) is 7.33. The zero-order chi connectivity index (χ0) is 10.9. The van der Waals surface area contributed by atoms with Crippen molar-refractivity contribution in [3.05, 3.63) is 22.4 Å². The molecule has 0 spiro atoms. The van der Waals surface area contributed by atoms with E-state index in [4.69, 9.17) is 4.74 Å². The lowest BCUT2D eigenvalue weighted by Crippen LogP contribution is -2.29. The molecular weight excluding hydrogens is 258 g/mol. The second-order valence-corrected chi connectivity index (χ2v) is 4.18. The lowest BCUT2D eigenvalue weighted by molar-refractivity contribution is 0.199. The Hall–Kier alpha value is -0.360. The van der Waals surface area contributed by atoms with Gasteiger partial charge in [0.25, 0.3) is 0 Å². The van der Waals surface area contributed by atoms with E-state index in [1.807, 2.05) is 6.20 Å². The minimum atomic E-state index is 0.767. The molecule has 0 radical (unpaired) electrons. The van der Waals surface area contributed by atoms with Crippen molar-refractivity contribution < 1.29 is 4.74 Å². The first-order valence-corrected chi connectivity index (χ1v) is 5.85. The van der Waals surface area contributed by atoms with Gasteiger partial charge in [-0.3, -0.25) is 0 Å². The first-order valence-electron chi connectivity index (χ1n) is 5.06. The summed E-state index contributed by atoms with van der Waals surface area (Å²) in [4.78, 5) is 3.17. The van der Waals surface area contributed by atoms with E-state index >= 15 is 0 Å². The Bertz CT molecular complexity index is 265. The number of nitrogens with one attached hydrogen (secondary N) is 3. The van der Waals surface area contributed by atoms with E-state index in [-0.39, 0.29) is 0 Å². The van der Waals surface area contributed by atoms with Crippen LogP contribution >= 0.6 is 15.9 Å². The van der Waals surface area contributed by atoms with Gasteiger partial charge in [-0.1, -0.05) is 0 Å². The second kappa shape index (κ2) is 7.87. The van der Waals surface area contributed by atoms with E-state index in [0.29, 0.717) is 0 Å². The Kier molecular flexibility index (Phi) is 6.67. The van der Waals surface area contributed by atoms with Crippen LogP contribution in [0.1, 0.15) is 5.69 Å². The van der Waals surface area contributed by atoms with Gasteiger partial charge < -0.3 is 20.4 Å². The van der Waals surface area contributed by atoms with Gasteiger partial charge in [-0.05, 0) is 22.0 Å². The van der Waals surface area contributed by atoms with Crippen LogP contribution in [0.25, 0.3) is 0 Å². The average Bonchev–Trinajstić information content (AvgIpc) is 2.63. The number of aromatic amines is 1. The Balaban J connectivity index is 1.93. The number of H-pyrrole nitrogens is 1. The van der Waals surface area contributed by atoms with Gasteiger partial charge in [-0.15, -0.1) is 0 Å². The zero-order valence-electron chi connectivity index (χ0n) is 8.98. The fourth-order valence-electron chi connectivity index (χ4n) is 1.21. The van der Waals surface area contributed by atoms with Crippen LogP contribution < -0.4 is 10.6 Å². The molecule has 5 heteroatoms. The van der Waals surface area contributed by atoms with Crippen molar-refractivity contribution in [3.63, 3.8) is 0 Å². The molecule has 4 nitrogen and oxygen atoms in total. The highest BCUT2D eigenvalue weighted by molar-refractivity contribution is 9.10. The molecule has 0 fully saturated rings. The predicted octanol–water partition coefficient (Wildman–Crippen LogP) is 1.10. The van der Waals surface area contributed by atoms with Gasteiger partial charge in [0.05, 0.1) is 6.61 Å². The fourth-order valence-corrected chi connectivity index (χ4v) is 1.60. The van der Waals surface area contributed by atoms with Gasteiger partial charge in [0.1, 0.15) is 0 Å². The molecule has 0 amide bonds. The summed E-state index contributed by atoms with van der Waals surface area (Å²) < 4.78 is 6.02. The van der Waals surface area contributed by atoms with E-state index in [2.05, 4.69) is 37.6 Å². The summed E-state index contributed by atoms with van der Waals surface area (Å²) in [6.45, 7) is 4.47. The number of hydrogen-bond donors (Lipinski definition) is 3. The molecule has 0 aliphatic heterocycles. The minimum absolute atomic E-state index is 0.767. The van der Waals surface area contributed by atoms with Gasteiger partial charge in [0.2, 0.25) is 0 Å². The average molecular weight is 276 g/mol. The van der Waals surface area contributed by atoms with Crippen molar-refractivity contribution in [2.75, 3.05) is 33.4 Å². The van der Waals surface area contributed by atoms with Crippen LogP contribution in [-0.4, -0.2) is 38.3 Å². The van der Waals surface area contributed by atoms with Crippen molar-refractivity contribution in [1.82, 2.24) is 15.6 Å². The first kappa shape index (κ1) is 12.7. The highest BCUT2D eigenvalue weighted by Gasteiger charge is 1.95. The third-order valence-corrected chi connectivity index (χ3v) is 2.44. The molecule has 1 heterocycles. The molecule has 0 aliphatic carbocycles. The third kappa shape index (κ3) is 5.94. The molecular formula is C10H18BrN3O. The summed E-state index contributed by atoms with van der Waals surface area (Å²) in [5.41, 5.74) is 1.19. The Labute approximate surface area is 98.9 Å². The van der Waals surface area contributed by atoms with Crippen LogP contribution in [0, 0.1) is 0 Å². The second-order valence-electron chi connectivity index (χ2n) is 3.26. The monoisotopic (exact) mass is 275 g/mol. The van der Waals surface area contributed by atoms with Crippen LogP contribution in [0.3, 0.4) is 0 Å². The summed E-state index contributed by atoms with van der Waals surface area (Å²) in [6, 6.07) is 2.07. The van der Waals surface area contributed by atoms with E-state index in [0.717, 1.165) is 37.3 Å². The Morgan fingerprint density at radius 1 is 1.33 bits per heavy atom. The summed E-state index contributed by atoms with van der Waals surface area (Å²) in [6.07, 6.45) is 1.94. The maximum atomic E-state index is 4.93. The van der Waals surface area contributed by atoms with Crippen molar-refractivity contribution in [3.8, 4) is 0 Å². The Morgan fingerprint density at radius 3 is 2.80 bits per heavy atom. The summed E-state index contributed by atoms with van der Waals surface area (Å²) >= 11 is 3.40. The summed E-state index contributed by atoms with van der Waals surface area (Å²) in [7, 11) is 1.71. The lowest BCUT2D eigenvalue weighted by Gasteiger charge is -2.05. The SMILES string of the molecule is COCCNCCNCc1cc(Br)c[nH]1. The van der Waals surface area contributed by atoms with Gasteiger partial charge in [-0.2, -0.15) is 0 Å². The van der Waals surface area contributed by atoms with Crippen LogP contribution in [0.4, 0.5) is 0 Å². The van der Waals surface area contributed by atoms with Gasteiger partial charge in [0, 0.05) is 49.7 Å². The number of rotatable bonds is 8. The lowest BCUT2D eigenvalue weighted by atomic mass is 10.4. The summed E-state index contributed by atoms with van der Waals surface area (Å²) in [5, 5.41) is 6.61. The largest absolute Gasteiger partial charge is 0.383 e. The van der Waals surface area contributed by atoms with Gasteiger partial charge >= 0.3 is 0 Å². The van der Waals surface area contributed by atoms with Crippen molar-refractivity contribution in [2.24, 2.45) is 0 Å². The smallest absolute Gasteiger partial charge is 0.0587 e. The van der Waals surface area contributed by atoms with E-state index in [1.165, 1.54) is 5.69 Å². The van der Waals surface area contributed by atoms with E-state index < -0.39 is 0 Å². The van der Waals surface area contributed by atoms with E-state index in [9.17, 15) is 0 Å². The third-order valence-electron chi connectivity index (χ3n) is 1.98. The number of halogens is 1. The van der Waals surface area contributed by atoms with Gasteiger partial charge in [0.15, 0.2) is 0 Å². The predicted molar refractivity (Wildman–Crippen MR) is 64.9 cm³/mol. The van der Waals surface area contributed by atoms with Crippen LogP contribution in [-0.2, 0) is 11.3 Å². The maximum absolute atomic E-state index is 4.93. The molecule has 0 unspecified atom stereocenters. The molecule has 0 saturated carbocycles. The number of methoxy groups -OCH3 is 1. The normalized spacial score (nSPS) is 10.8. The van der Waals surface area contributed by atoms with Crippen molar-refractivity contribution in [1.29, 1.82) is 0 Å².